The van der Waals surface area contributed by atoms with E-state index in [0.29, 0.717) is 10.8 Å². The van der Waals surface area contributed by atoms with Gasteiger partial charge in [0.25, 0.3) is 20.2 Å². The first-order chi connectivity index (χ1) is 10.3. The molecule has 1 aromatic carbocycles. The molecule has 21 heavy (non-hydrogen) atoms. The minimum Gasteiger partial charge on any atom is -0.623 e. The molecule has 0 fully saturated rings. The number of hydrogen-bond donors (Lipinski definition) is 2. The van der Waals surface area contributed by atoms with E-state index in [9.17, 15) is 22.0 Å². The molecule has 118 valence electrons. The van der Waals surface area contributed by atoms with Gasteiger partial charge in [0.15, 0.2) is 11.8 Å². The fourth-order valence-electron chi connectivity index (χ4n) is 1.31. The third-order valence-corrected chi connectivity index (χ3v) is 4.18. The van der Waals surface area contributed by atoms with E-state index in [1.54, 1.807) is 20.8 Å². The summed E-state index contributed by atoms with van der Waals surface area (Å²) < 4.78 is 67.3. The molecule has 0 unspecified atom stereocenters. The van der Waals surface area contributed by atoms with Crippen molar-refractivity contribution in [2.75, 3.05) is 0 Å². The second-order valence-corrected chi connectivity index (χ2v) is 7.96. The normalized spacial score (nSPS) is 15.5. The van der Waals surface area contributed by atoms with E-state index in [1.165, 1.54) is 0 Å². The lowest BCUT2D eigenvalue weighted by Crippen LogP contribution is -2.29. The molecule has 0 amide bonds. The monoisotopic (exact) mass is 339 g/mol. The predicted molar refractivity (Wildman–Crippen MR) is 74.6 cm³/mol. The maximum Gasteiger partial charge on any atom is 0.295 e. The van der Waals surface area contributed by atoms with Crippen LogP contribution in [0.5, 0.6) is 0 Å². The van der Waals surface area contributed by atoms with Crippen molar-refractivity contribution in [2.45, 2.75) is 36.1 Å². The molecule has 0 aliphatic rings. The van der Waals surface area contributed by atoms with Gasteiger partial charge in [-0.15, -0.1) is 0 Å². The average Bonchev–Trinajstić information content (AvgIpc) is 2.46. The Bertz CT molecular complexity index is 826. The Balaban J connectivity index is 3.68. The molecule has 0 heterocycles. The molecule has 0 radical (unpaired) electrons. The lowest BCUT2D eigenvalue weighted by Gasteiger charge is -2.19. The fourth-order valence-corrected chi connectivity index (χ4v) is 2.57. The number of rotatable bonds is 5. The third kappa shape index (κ3) is 4.49. The smallest absolute Gasteiger partial charge is 0.295 e. The molecular weight excluding hydrogens is 322 g/mol. The van der Waals surface area contributed by atoms with Gasteiger partial charge in [-0.25, -0.2) is 4.74 Å². The van der Waals surface area contributed by atoms with Crippen LogP contribution < -0.4 is 0 Å². The van der Waals surface area contributed by atoms with Crippen LogP contribution in [0.15, 0.2) is 28.0 Å². The summed E-state index contributed by atoms with van der Waals surface area (Å²) in [7, 11) is -9.11. The Morgan fingerprint density at radius 3 is 2.24 bits per heavy atom. The van der Waals surface area contributed by atoms with Crippen LogP contribution in [0.2, 0.25) is 0 Å². The van der Waals surface area contributed by atoms with E-state index in [0.717, 1.165) is 18.3 Å². The largest absolute Gasteiger partial charge is 0.623 e. The van der Waals surface area contributed by atoms with Crippen molar-refractivity contribution in [1.29, 1.82) is 2.86 Å². The highest BCUT2D eigenvalue weighted by Gasteiger charge is 2.23. The average molecular weight is 339 g/mol. The Morgan fingerprint density at radius 1 is 1.19 bits per heavy atom. The highest BCUT2D eigenvalue weighted by Crippen LogP contribution is 2.20. The number of hydroxylamine groups is 1. The Kier molecular flexibility index (Phi) is 3.69. The molecule has 0 atom stereocenters. The first-order valence-electron chi connectivity index (χ1n) is 6.42. The van der Waals surface area contributed by atoms with E-state index in [2.05, 4.69) is 9.11 Å². The lowest BCUT2D eigenvalue weighted by atomic mass is 10.1. The lowest BCUT2D eigenvalue weighted by molar-refractivity contribution is -0.530. The summed E-state index contributed by atoms with van der Waals surface area (Å²) in [5.41, 5.74) is -1.05. The standard InChI is InChI=1S/C11H15NO7S2/c1-11(2,3)12(13)7-8-4-5-9(20(14,15)16)6-10(8)21(17,18)19/h4-7H,1-3H3,(H,14,15,16)(H,17,18,19)/b12-7+/i/hD2. The summed E-state index contributed by atoms with van der Waals surface area (Å²) >= 11 is 0. The number of hydrogen-bond acceptors (Lipinski definition) is 7. The molecule has 0 saturated heterocycles. The molecule has 0 spiro atoms. The molecule has 2 N–H and O–H groups in total. The second kappa shape index (κ2) is 5.37. The summed E-state index contributed by atoms with van der Waals surface area (Å²) in [6, 6.07) is 2.65. The van der Waals surface area contributed by atoms with Crippen LogP contribution in [-0.2, 0) is 20.2 Å². The van der Waals surface area contributed by atoms with Crippen LogP contribution >= 0.6 is 0 Å². The predicted octanol–water partition coefficient (Wildman–Crippen LogP) is 0.908. The van der Waals surface area contributed by atoms with Gasteiger partial charge < -0.3 is 5.21 Å². The van der Waals surface area contributed by atoms with E-state index in [1.807, 2.05) is 0 Å². The fraction of sp³-hybridized carbons (Fsp3) is 0.364. The van der Waals surface area contributed by atoms with Crippen molar-refractivity contribution < 1.29 is 30.7 Å². The highest BCUT2D eigenvalue weighted by atomic mass is 32.2. The molecule has 1 aromatic rings. The van der Waals surface area contributed by atoms with E-state index >= 15 is 0 Å². The van der Waals surface area contributed by atoms with Crippen molar-refractivity contribution in [3.05, 3.63) is 29.0 Å². The Labute approximate surface area is 125 Å². The summed E-state index contributed by atoms with van der Waals surface area (Å²) in [4.78, 5) is -1.34. The molecule has 0 aliphatic carbocycles. The van der Waals surface area contributed by atoms with Gasteiger partial charge in [-0.05, 0) is 18.2 Å². The van der Waals surface area contributed by atoms with Gasteiger partial charge >= 0.3 is 0 Å². The molecule has 0 aromatic heterocycles. The molecule has 8 nitrogen and oxygen atoms in total. The van der Waals surface area contributed by atoms with Crippen LogP contribution in [0, 0.1) is 5.21 Å². The Morgan fingerprint density at radius 2 is 1.76 bits per heavy atom. The minimum absolute atomic E-state index is 0.175. The highest BCUT2D eigenvalue weighted by molar-refractivity contribution is 7.86. The van der Waals surface area contributed by atoms with Crippen molar-refractivity contribution in [3.63, 3.8) is 0 Å². The third-order valence-electron chi connectivity index (χ3n) is 2.46. The van der Waals surface area contributed by atoms with Crippen LogP contribution in [0.25, 0.3) is 2.86 Å². The summed E-state index contributed by atoms with van der Waals surface area (Å²) in [5, 5.41) is 11.9. The van der Waals surface area contributed by atoms with E-state index in [4.69, 9.17) is 2.86 Å². The number of benzene rings is 1. The zero-order valence-corrected chi connectivity index (χ0v) is 13.1. The molecule has 0 aliphatic heterocycles. The second-order valence-electron chi connectivity index (χ2n) is 5.23. The molecular formula is C11H15NO7S2. The van der Waals surface area contributed by atoms with Gasteiger partial charge in [0.1, 0.15) is 4.90 Å². The van der Waals surface area contributed by atoms with Gasteiger partial charge in [0.05, 0.1) is 10.5 Å². The van der Waals surface area contributed by atoms with Crippen molar-refractivity contribution in [2.24, 2.45) is 0 Å². The van der Waals surface area contributed by atoms with Crippen molar-refractivity contribution >= 4 is 26.5 Å². The van der Waals surface area contributed by atoms with Gasteiger partial charge in [-0.3, -0.25) is 9.11 Å². The molecule has 1 rings (SSSR count). The minimum atomic E-state index is -4.62. The summed E-state index contributed by atoms with van der Waals surface area (Å²) in [6.07, 6.45) is 0.934. The van der Waals surface area contributed by atoms with Gasteiger partial charge in [0.2, 0.25) is 2.86 Å². The van der Waals surface area contributed by atoms with E-state index < -0.39 is 35.6 Å². The van der Waals surface area contributed by atoms with Gasteiger partial charge in [-0.1, -0.05) is 0 Å². The van der Waals surface area contributed by atoms with Crippen molar-refractivity contribution in [1.82, 2.24) is 0 Å². The van der Waals surface area contributed by atoms with Crippen LogP contribution in [0.1, 0.15) is 26.3 Å². The molecule has 0 saturated carbocycles. The summed E-state index contributed by atoms with van der Waals surface area (Å²) in [6.45, 7) is 4.75. The van der Waals surface area contributed by atoms with Crippen LogP contribution in [-0.4, -0.2) is 42.4 Å². The first kappa shape index (κ1) is 14.4. The maximum atomic E-state index is 11.9. The SMILES string of the molecule is [2H]OS(=O)(=O)c1ccc(/C=[N+](/[O-])C(C)(C)C)c(S(=O)(=O)O[2H])c1. The van der Waals surface area contributed by atoms with Crippen molar-refractivity contribution in [3.8, 4) is 0 Å². The Hall–Kier alpha value is -1.49. The van der Waals surface area contributed by atoms with Gasteiger partial charge in [-0.2, -0.15) is 16.8 Å². The van der Waals surface area contributed by atoms with Gasteiger partial charge in [0, 0.05) is 20.8 Å². The zero-order valence-electron chi connectivity index (χ0n) is 13.4. The topological polar surface area (TPSA) is 135 Å². The molecule has 10 heteroatoms. The van der Waals surface area contributed by atoms with Crippen LogP contribution in [0.4, 0.5) is 0 Å². The zero-order chi connectivity index (χ0) is 18.1. The van der Waals surface area contributed by atoms with Crippen LogP contribution in [0.3, 0.4) is 0 Å². The molecule has 0 bridgehead atoms. The maximum absolute atomic E-state index is 11.9. The quantitative estimate of drug-likeness (QED) is 0.267. The van der Waals surface area contributed by atoms with E-state index in [-0.39, 0.29) is 5.56 Å². The summed E-state index contributed by atoms with van der Waals surface area (Å²) in [5.74, 6) is 0. The number of nitrogens with zero attached hydrogens (tertiary/aromatic N) is 1. The first-order valence-corrected chi connectivity index (χ1v) is 8.42.